The molecule has 12 heteroatoms. The van der Waals surface area contributed by atoms with Crippen molar-refractivity contribution >= 4 is 0 Å². The van der Waals surface area contributed by atoms with E-state index >= 15 is 0 Å². The van der Waals surface area contributed by atoms with E-state index in [2.05, 4.69) is 123 Å². The molecule has 12 nitrogen and oxygen atoms in total. The lowest BCUT2D eigenvalue weighted by Crippen LogP contribution is -1.79. The fourth-order valence-corrected chi connectivity index (χ4v) is 7.98. The fraction of sp³-hybridized carbons (Fsp3) is 0.422. The van der Waals surface area contributed by atoms with Crippen LogP contribution in [0.4, 0.5) is 0 Å². The zero-order valence-corrected chi connectivity index (χ0v) is 60.9. The van der Waals surface area contributed by atoms with E-state index in [0.29, 0.717) is 11.8 Å². The minimum absolute atomic E-state index is 0. The molecule has 12 aromatic heterocycles. The molecule has 0 unspecified atom stereocenters. The first-order chi connectivity index (χ1) is 45.3. The first-order valence-electron chi connectivity index (χ1n) is 33.7. The van der Waals surface area contributed by atoms with Gasteiger partial charge in [0.1, 0.15) is 51.8 Å². The van der Waals surface area contributed by atoms with Gasteiger partial charge in [0.05, 0.1) is 93.9 Å². The summed E-state index contributed by atoms with van der Waals surface area (Å²) in [6.45, 7) is 41.6. The average molecular weight is 1310 g/mol. The molecule has 12 aromatic rings. The molecule has 524 valence electrons. The lowest BCUT2D eigenvalue weighted by atomic mass is 10.1. The summed E-state index contributed by atoms with van der Waals surface area (Å²) >= 11 is 0. The van der Waals surface area contributed by atoms with Crippen LogP contribution < -0.4 is 0 Å². The van der Waals surface area contributed by atoms with Crippen LogP contribution in [0.1, 0.15) is 231 Å². The minimum Gasteiger partial charge on any atom is -0.472 e. The summed E-state index contributed by atoms with van der Waals surface area (Å²) in [7, 11) is 0. The van der Waals surface area contributed by atoms with Gasteiger partial charge in [0.25, 0.3) is 0 Å². The van der Waals surface area contributed by atoms with Crippen LogP contribution >= 0.6 is 0 Å². The predicted molar refractivity (Wildman–Crippen MR) is 391 cm³/mol. The van der Waals surface area contributed by atoms with Crippen LogP contribution in [0.15, 0.2) is 238 Å². The van der Waals surface area contributed by atoms with E-state index in [-0.39, 0.29) is 7.43 Å². The van der Waals surface area contributed by atoms with Crippen LogP contribution in [0.5, 0.6) is 0 Å². The summed E-state index contributed by atoms with van der Waals surface area (Å²) in [4.78, 5) is 0. The van der Waals surface area contributed by atoms with E-state index in [4.69, 9.17) is 53.0 Å². The topological polar surface area (TPSA) is 158 Å². The number of hydrogen-bond acceptors (Lipinski definition) is 12. The number of hydrogen-bond donors (Lipinski definition) is 0. The SMILES string of the molecule is C.CC(C)c1ccco1.CC(C)c1ccoc1.CCCc1ccco1.CCCc1ccoc1.CCc1cc(C)co1.CCc1ccc(C)o1.CCc1ccco1.CCc1ccoc1.CCc1ccoc1C.CCc1coc(C)c1.CCc1cocc1C.CCc1occc1C. The van der Waals surface area contributed by atoms with E-state index in [9.17, 15) is 0 Å². The van der Waals surface area contributed by atoms with E-state index in [0.717, 1.165) is 122 Å². The number of aryl methyl sites for hydroxylation is 16. The highest BCUT2D eigenvalue weighted by Gasteiger charge is 2.00. The van der Waals surface area contributed by atoms with Crippen LogP contribution in [0, 0.1) is 41.5 Å². The van der Waals surface area contributed by atoms with Gasteiger partial charge in [-0.25, -0.2) is 0 Å². The Bertz CT molecular complexity index is 3110. The van der Waals surface area contributed by atoms with Crippen molar-refractivity contribution in [3.8, 4) is 0 Å². The fourth-order valence-electron chi connectivity index (χ4n) is 7.98. The van der Waals surface area contributed by atoms with E-state index < -0.39 is 0 Å². The maximum absolute atomic E-state index is 5.23. The molecule has 0 spiro atoms. The van der Waals surface area contributed by atoms with Crippen molar-refractivity contribution in [2.24, 2.45) is 0 Å². The van der Waals surface area contributed by atoms with Crippen molar-refractivity contribution in [3.63, 3.8) is 0 Å². The Labute approximate surface area is 571 Å². The lowest BCUT2D eigenvalue weighted by molar-refractivity contribution is 0.487. The molecule has 0 bridgehead atoms. The molecule has 0 aliphatic carbocycles. The second kappa shape index (κ2) is 54.7. The molecular weight excluding hydrogens is 1190 g/mol. The van der Waals surface area contributed by atoms with Gasteiger partial charge in [-0.2, -0.15) is 0 Å². The van der Waals surface area contributed by atoms with Crippen molar-refractivity contribution in [3.05, 3.63) is 287 Å². The molecule has 0 radical (unpaired) electrons. The Hall–Kier alpha value is -8.64. The van der Waals surface area contributed by atoms with E-state index in [1.54, 1.807) is 93.9 Å². The molecule has 12 heterocycles. The molecule has 0 aliphatic rings. The standard InChI is InChI=1S/10C7H10O.2C6H8O.CH4/c1-6(2)7-3-4-8-5-7;1-6(2)7-4-3-5-8-7;1-3-7-5-8-4-6(7)2;1-3-7-4-6(2)8-5-7;1-3-7-4-6(2)5-8-7;1-3-7-4-5-8-6(7)2;1-3-7-6(2)4-5-8-7;1-3-7-5-4-6(2)8-7;1-2-4-7-5-3-6-8-7;1-2-3-7-4-5-8-6-7;1-2-6-3-4-7-5-6;1-2-6-4-3-5-7-6;/h2*3-6H,1-2H3;6*4-5H,3H2,1-2H3;3,5-6H,2,4H2,1H3;4-6H,2-3H2,1H3;2*3-5H,2H2,1H3;1H4. The molecule has 0 N–H and O–H groups in total. The molecule has 0 aromatic carbocycles. The summed E-state index contributed by atoms with van der Waals surface area (Å²) in [6.07, 6.45) is 39.0. The van der Waals surface area contributed by atoms with Crippen molar-refractivity contribution in [1.82, 2.24) is 0 Å². The summed E-state index contributed by atoms with van der Waals surface area (Å²) in [5, 5.41) is 0. The van der Waals surface area contributed by atoms with E-state index in [1.807, 2.05) is 107 Å². The van der Waals surface area contributed by atoms with Gasteiger partial charge in [-0.15, -0.1) is 0 Å². The maximum atomic E-state index is 5.23. The third-order valence-electron chi connectivity index (χ3n) is 13.9. The van der Waals surface area contributed by atoms with Gasteiger partial charge in [-0.1, -0.05) is 111 Å². The largest absolute Gasteiger partial charge is 0.472 e. The predicted octanol–water partition coefficient (Wildman–Crippen LogP) is 26.5. The van der Waals surface area contributed by atoms with Crippen LogP contribution in [0.25, 0.3) is 0 Å². The minimum atomic E-state index is 0. The Morgan fingerprint density at radius 1 is 0.337 bits per heavy atom. The molecule has 0 atom stereocenters. The van der Waals surface area contributed by atoms with Gasteiger partial charge >= 0.3 is 0 Å². The second-order valence-electron chi connectivity index (χ2n) is 22.4. The quantitative estimate of drug-likeness (QED) is 0.102. The molecule has 0 saturated carbocycles. The van der Waals surface area contributed by atoms with Crippen LogP contribution in [-0.2, 0) is 64.2 Å². The highest BCUT2D eigenvalue weighted by atomic mass is 16.4. The van der Waals surface area contributed by atoms with Gasteiger partial charge < -0.3 is 53.0 Å². The van der Waals surface area contributed by atoms with Gasteiger partial charge in [-0.3, -0.25) is 0 Å². The first-order valence-corrected chi connectivity index (χ1v) is 33.7. The van der Waals surface area contributed by atoms with Crippen molar-refractivity contribution in [2.75, 3.05) is 0 Å². The highest BCUT2D eigenvalue weighted by Crippen LogP contribution is 2.15. The summed E-state index contributed by atoms with van der Waals surface area (Å²) in [6, 6.07) is 29.8. The highest BCUT2D eigenvalue weighted by molar-refractivity contribution is 5.19. The third-order valence-corrected chi connectivity index (χ3v) is 13.9. The van der Waals surface area contributed by atoms with Gasteiger partial charge in [0.2, 0.25) is 0 Å². The molecule has 0 amide bonds. The number of rotatable bonds is 14. The molecule has 0 fully saturated rings. The average Bonchev–Trinajstić information content (AvgIpc) is 4.49. The smallest absolute Gasteiger partial charge is 0.106 e. The molecule has 12 rings (SSSR count). The zero-order valence-electron chi connectivity index (χ0n) is 60.9. The summed E-state index contributed by atoms with van der Waals surface area (Å²) in [5.74, 6) is 10.6. The third kappa shape index (κ3) is 40.9. The zero-order chi connectivity index (χ0) is 69.7. The molecule has 95 heavy (non-hydrogen) atoms. The summed E-state index contributed by atoms with van der Waals surface area (Å²) in [5.41, 5.74) is 11.5. The van der Waals surface area contributed by atoms with Crippen molar-refractivity contribution in [1.29, 1.82) is 0 Å². The summed E-state index contributed by atoms with van der Waals surface area (Å²) < 4.78 is 60.2. The molecular formula is C83H120O12. The van der Waals surface area contributed by atoms with Gasteiger partial charge in [0.15, 0.2) is 0 Å². The van der Waals surface area contributed by atoms with Crippen molar-refractivity contribution in [2.45, 2.75) is 235 Å². The normalized spacial score (nSPS) is 9.66. The van der Waals surface area contributed by atoms with Gasteiger partial charge in [-0.05, 0) is 227 Å². The Morgan fingerprint density at radius 2 is 0.926 bits per heavy atom. The Kier molecular flexibility index (Phi) is 49.7. The Morgan fingerprint density at radius 3 is 1.20 bits per heavy atom. The van der Waals surface area contributed by atoms with E-state index in [1.165, 1.54) is 56.5 Å². The van der Waals surface area contributed by atoms with Crippen LogP contribution in [0.2, 0.25) is 0 Å². The first kappa shape index (κ1) is 86.4. The van der Waals surface area contributed by atoms with Gasteiger partial charge in [0, 0.05) is 38.0 Å². The number of furan rings is 12. The monoisotopic (exact) mass is 1310 g/mol. The van der Waals surface area contributed by atoms with Crippen LogP contribution in [-0.4, -0.2) is 0 Å². The molecule has 0 aliphatic heterocycles. The second-order valence-corrected chi connectivity index (χ2v) is 22.4. The Balaban J connectivity index is 0.00000101. The van der Waals surface area contributed by atoms with Crippen LogP contribution in [0.3, 0.4) is 0 Å². The van der Waals surface area contributed by atoms with Crippen molar-refractivity contribution < 1.29 is 53.0 Å². The lowest BCUT2D eigenvalue weighted by Gasteiger charge is -1.94. The molecule has 0 saturated heterocycles. The maximum Gasteiger partial charge on any atom is 0.106 e.